The second-order valence-electron chi connectivity index (χ2n) is 25.6. The van der Waals surface area contributed by atoms with Gasteiger partial charge in [-0.2, -0.15) is 0 Å². The van der Waals surface area contributed by atoms with Crippen LogP contribution in [-0.4, -0.2) is 37.2 Å². The van der Waals surface area contributed by atoms with E-state index in [1.807, 2.05) is 0 Å². The summed E-state index contributed by atoms with van der Waals surface area (Å²) in [6.45, 7) is 6.69. The van der Waals surface area contributed by atoms with Crippen LogP contribution in [0.15, 0.2) is 24.3 Å². The Morgan fingerprint density at radius 3 is 0.671 bits per heavy atom. The molecule has 0 rings (SSSR count). The van der Waals surface area contributed by atoms with Crippen molar-refractivity contribution in [2.24, 2.45) is 0 Å². The van der Waals surface area contributed by atoms with E-state index in [1.165, 1.54) is 321 Å². The van der Waals surface area contributed by atoms with Gasteiger partial charge in [-0.3, -0.25) is 14.4 Å². The molecule has 0 aliphatic rings. The van der Waals surface area contributed by atoms with Gasteiger partial charge in [0.25, 0.3) is 0 Å². The van der Waals surface area contributed by atoms with Gasteiger partial charge in [0.15, 0.2) is 6.10 Å². The fourth-order valence-corrected chi connectivity index (χ4v) is 11.6. The highest BCUT2D eigenvalue weighted by Gasteiger charge is 2.20. The molecule has 6 nitrogen and oxygen atoms in total. The van der Waals surface area contributed by atoms with Crippen molar-refractivity contribution < 1.29 is 28.6 Å². The molecule has 1 atom stereocenters. The van der Waals surface area contributed by atoms with Gasteiger partial charge in [0.05, 0.1) is 0 Å². The van der Waals surface area contributed by atoms with Gasteiger partial charge < -0.3 is 14.2 Å². The van der Waals surface area contributed by atoms with Crippen LogP contribution in [0, 0.1) is 0 Å². The summed E-state index contributed by atoms with van der Waals surface area (Å²) in [5.74, 6) is -0.834. The van der Waals surface area contributed by atoms with Crippen molar-refractivity contribution in [1.29, 1.82) is 0 Å². The van der Waals surface area contributed by atoms with Gasteiger partial charge in [-0.1, -0.05) is 379 Å². The van der Waals surface area contributed by atoms with Crippen LogP contribution in [-0.2, 0) is 28.6 Å². The Labute approximate surface area is 513 Å². The molecular weight excluding hydrogens is 1010 g/mol. The smallest absolute Gasteiger partial charge is 0.306 e. The predicted molar refractivity (Wildman–Crippen MR) is 358 cm³/mol. The molecule has 0 amide bonds. The van der Waals surface area contributed by atoms with Crippen LogP contribution in [0.25, 0.3) is 0 Å². The maximum atomic E-state index is 12.9. The van der Waals surface area contributed by atoms with E-state index in [-0.39, 0.29) is 31.1 Å². The van der Waals surface area contributed by atoms with E-state index in [9.17, 15) is 14.4 Å². The summed E-state index contributed by atoms with van der Waals surface area (Å²) in [6, 6.07) is 0. The molecule has 0 fully saturated rings. The first-order valence-corrected chi connectivity index (χ1v) is 37.3. The van der Waals surface area contributed by atoms with Gasteiger partial charge in [0, 0.05) is 19.3 Å². The van der Waals surface area contributed by atoms with Crippen LogP contribution < -0.4 is 0 Å². The highest BCUT2D eigenvalue weighted by atomic mass is 16.6. The summed E-state index contributed by atoms with van der Waals surface area (Å²) in [6.07, 6.45) is 88.3. The molecule has 484 valence electrons. The third-order valence-corrected chi connectivity index (χ3v) is 17.2. The summed E-state index contributed by atoms with van der Waals surface area (Å²) < 4.78 is 16.9. The molecule has 0 radical (unpaired) electrons. The van der Waals surface area contributed by atoms with Gasteiger partial charge in [-0.05, 0) is 51.4 Å². The second kappa shape index (κ2) is 71.4. The van der Waals surface area contributed by atoms with Crippen molar-refractivity contribution in [2.45, 2.75) is 431 Å². The van der Waals surface area contributed by atoms with E-state index in [0.29, 0.717) is 19.3 Å². The minimum Gasteiger partial charge on any atom is -0.462 e. The van der Waals surface area contributed by atoms with Crippen LogP contribution in [0.1, 0.15) is 425 Å². The van der Waals surface area contributed by atoms with Crippen LogP contribution in [0.3, 0.4) is 0 Å². The maximum Gasteiger partial charge on any atom is 0.306 e. The molecule has 0 N–H and O–H groups in total. The third-order valence-electron chi connectivity index (χ3n) is 17.2. The lowest BCUT2D eigenvalue weighted by molar-refractivity contribution is -0.167. The molecule has 0 heterocycles. The summed E-state index contributed by atoms with van der Waals surface area (Å²) in [7, 11) is 0. The van der Waals surface area contributed by atoms with Crippen LogP contribution >= 0.6 is 0 Å². The van der Waals surface area contributed by atoms with Crippen LogP contribution in [0.2, 0.25) is 0 Å². The normalized spacial score (nSPS) is 12.1. The Hall–Kier alpha value is -2.11. The van der Waals surface area contributed by atoms with E-state index in [2.05, 4.69) is 45.1 Å². The minimum atomic E-state index is -0.765. The molecule has 0 aromatic rings. The highest BCUT2D eigenvalue weighted by Crippen LogP contribution is 2.19. The van der Waals surface area contributed by atoms with Crippen molar-refractivity contribution in [3.8, 4) is 0 Å². The van der Waals surface area contributed by atoms with Gasteiger partial charge >= 0.3 is 17.9 Å². The molecule has 0 aliphatic carbocycles. The lowest BCUT2D eigenvalue weighted by Gasteiger charge is -2.18. The van der Waals surface area contributed by atoms with Crippen molar-refractivity contribution in [2.75, 3.05) is 13.2 Å². The first kappa shape index (κ1) is 79.9. The maximum absolute atomic E-state index is 12.9. The number of rotatable bonds is 70. The monoisotopic (exact) mass is 1150 g/mol. The second-order valence-corrected chi connectivity index (χ2v) is 25.6. The summed E-state index contributed by atoms with van der Waals surface area (Å²) in [5.41, 5.74) is 0. The number of hydrogen-bond acceptors (Lipinski definition) is 6. The molecular formula is C76H144O6. The summed E-state index contributed by atoms with van der Waals surface area (Å²) in [5, 5.41) is 0. The number of allylic oxidation sites excluding steroid dienone is 4. The minimum absolute atomic E-state index is 0.0632. The zero-order valence-electron chi connectivity index (χ0n) is 55.8. The van der Waals surface area contributed by atoms with E-state index in [4.69, 9.17) is 14.2 Å². The first-order valence-electron chi connectivity index (χ1n) is 37.3. The van der Waals surface area contributed by atoms with E-state index >= 15 is 0 Å². The van der Waals surface area contributed by atoms with Crippen molar-refractivity contribution in [3.05, 3.63) is 24.3 Å². The van der Waals surface area contributed by atoms with Gasteiger partial charge in [-0.15, -0.1) is 0 Å². The Morgan fingerprint density at radius 2 is 0.439 bits per heavy atom. The largest absolute Gasteiger partial charge is 0.462 e. The Morgan fingerprint density at radius 1 is 0.244 bits per heavy atom. The third kappa shape index (κ3) is 68.7. The Balaban J connectivity index is 3.99. The van der Waals surface area contributed by atoms with E-state index < -0.39 is 6.10 Å². The van der Waals surface area contributed by atoms with Gasteiger partial charge in [0.2, 0.25) is 0 Å². The van der Waals surface area contributed by atoms with Gasteiger partial charge in [-0.25, -0.2) is 0 Å². The quantitative estimate of drug-likeness (QED) is 0.0261. The average Bonchev–Trinajstić information content (AvgIpc) is 3.47. The highest BCUT2D eigenvalue weighted by molar-refractivity contribution is 5.71. The number of ether oxygens (including phenoxy) is 3. The standard InChI is InChI=1S/C76H144O6/c1-4-7-10-13-16-19-21-23-25-27-29-31-33-34-35-36-37-38-39-40-41-42-44-45-47-49-51-53-55-57-60-63-66-69-75(78)81-72-73(71-80-74(77)68-65-62-59-18-15-12-9-6-3)82-76(79)70-67-64-61-58-56-54-52-50-48-46-43-32-30-28-26-24-22-20-17-14-11-8-5-2/h21,23,27,29,73H,4-20,22,24-26,28,30-72H2,1-3H3/b23-21-,29-27-. The summed E-state index contributed by atoms with van der Waals surface area (Å²) in [4.78, 5) is 38.3. The molecule has 0 aromatic heterocycles. The lowest BCUT2D eigenvalue weighted by atomic mass is 10.0. The fraction of sp³-hybridized carbons (Fsp3) is 0.908. The molecule has 82 heavy (non-hydrogen) atoms. The molecule has 0 aromatic carbocycles. The number of unbranched alkanes of at least 4 members (excludes halogenated alkanes) is 55. The fourth-order valence-electron chi connectivity index (χ4n) is 11.6. The van der Waals surface area contributed by atoms with E-state index in [1.54, 1.807) is 0 Å². The van der Waals surface area contributed by atoms with Crippen molar-refractivity contribution in [3.63, 3.8) is 0 Å². The zero-order chi connectivity index (χ0) is 59.2. The zero-order valence-corrected chi connectivity index (χ0v) is 55.8. The van der Waals surface area contributed by atoms with Crippen molar-refractivity contribution >= 4 is 17.9 Å². The SMILES string of the molecule is CCCCCCC/C=C\C/C=C\CCCCCCCCCCCCCCCCCCCCCCCC(=O)OCC(COC(=O)CCCCCCCCCC)OC(=O)CCCCCCCCCCCCCCCCCCCCCCCCC. The lowest BCUT2D eigenvalue weighted by Crippen LogP contribution is -2.30. The Kier molecular flexibility index (Phi) is 69.5. The molecule has 0 aliphatic heterocycles. The number of carbonyl (C=O) groups is 3. The van der Waals surface area contributed by atoms with Crippen LogP contribution in [0.5, 0.6) is 0 Å². The number of hydrogen-bond donors (Lipinski definition) is 0. The molecule has 0 spiro atoms. The van der Waals surface area contributed by atoms with E-state index in [0.717, 1.165) is 64.2 Å². The topological polar surface area (TPSA) is 78.9 Å². The molecule has 6 heteroatoms. The molecule has 0 saturated carbocycles. The molecule has 1 unspecified atom stereocenters. The average molecular weight is 1150 g/mol. The predicted octanol–water partition coefficient (Wildman–Crippen LogP) is 25.7. The number of esters is 3. The molecule has 0 bridgehead atoms. The number of carbonyl (C=O) groups excluding carboxylic acids is 3. The van der Waals surface area contributed by atoms with Crippen LogP contribution in [0.4, 0.5) is 0 Å². The van der Waals surface area contributed by atoms with Gasteiger partial charge in [0.1, 0.15) is 13.2 Å². The first-order chi connectivity index (χ1) is 40.5. The Bertz CT molecular complexity index is 1320. The summed E-state index contributed by atoms with van der Waals surface area (Å²) >= 11 is 0. The van der Waals surface area contributed by atoms with Crippen molar-refractivity contribution in [1.82, 2.24) is 0 Å². The molecule has 0 saturated heterocycles.